The SMILES string of the molecule is Cc1nn(C)c(C)c1NC(=O)[C@H](C)OC(=O)c1ccccc1C(=O)c1cccs1. The van der Waals surface area contributed by atoms with Crippen molar-refractivity contribution in [2.24, 2.45) is 7.05 Å². The van der Waals surface area contributed by atoms with Crippen molar-refractivity contribution in [3.8, 4) is 0 Å². The molecule has 1 aromatic carbocycles. The average molecular weight is 411 g/mol. The van der Waals surface area contributed by atoms with Gasteiger partial charge in [0.05, 0.1) is 27.5 Å². The highest BCUT2D eigenvalue weighted by molar-refractivity contribution is 7.12. The van der Waals surface area contributed by atoms with E-state index >= 15 is 0 Å². The zero-order chi connectivity index (χ0) is 21.1. The molecule has 2 aromatic heterocycles. The van der Waals surface area contributed by atoms with Gasteiger partial charge in [0, 0.05) is 12.6 Å². The number of hydrogen-bond acceptors (Lipinski definition) is 6. The lowest BCUT2D eigenvalue weighted by atomic mass is 10.0. The number of rotatable bonds is 6. The molecule has 7 nitrogen and oxygen atoms in total. The molecule has 1 amide bonds. The van der Waals surface area contributed by atoms with Gasteiger partial charge in [-0.1, -0.05) is 24.3 Å². The molecular weight excluding hydrogens is 390 g/mol. The second-order valence-electron chi connectivity index (χ2n) is 6.56. The third-order valence-electron chi connectivity index (χ3n) is 4.55. The Balaban J connectivity index is 1.75. The monoisotopic (exact) mass is 411 g/mol. The molecule has 3 rings (SSSR count). The third-order valence-corrected chi connectivity index (χ3v) is 5.42. The minimum Gasteiger partial charge on any atom is -0.449 e. The van der Waals surface area contributed by atoms with Crippen LogP contribution < -0.4 is 5.32 Å². The van der Waals surface area contributed by atoms with Crippen molar-refractivity contribution in [2.45, 2.75) is 26.9 Å². The van der Waals surface area contributed by atoms with Crippen LogP contribution in [0.2, 0.25) is 0 Å². The number of anilines is 1. The van der Waals surface area contributed by atoms with Crippen LogP contribution in [0.15, 0.2) is 41.8 Å². The third kappa shape index (κ3) is 4.27. The molecule has 150 valence electrons. The topological polar surface area (TPSA) is 90.3 Å². The molecule has 1 atom stereocenters. The van der Waals surface area contributed by atoms with Gasteiger partial charge in [0.1, 0.15) is 0 Å². The number of amides is 1. The summed E-state index contributed by atoms with van der Waals surface area (Å²) < 4.78 is 7.00. The number of benzene rings is 1. The van der Waals surface area contributed by atoms with Gasteiger partial charge in [0.15, 0.2) is 6.10 Å². The lowest BCUT2D eigenvalue weighted by molar-refractivity contribution is -0.123. The van der Waals surface area contributed by atoms with E-state index < -0.39 is 18.0 Å². The van der Waals surface area contributed by atoms with Crippen molar-refractivity contribution in [3.63, 3.8) is 0 Å². The molecule has 0 spiro atoms. The fourth-order valence-electron chi connectivity index (χ4n) is 2.86. The van der Waals surface area contributed by atoms with Gasteiger partial charge in [-0.25, -0.2) is 4.79 Å². The van der Waals surface area contributed by atoms with Gasteiger partial charge >= 0.3 is 5.97 Å². The number of ketones is 1. The number of hydrogen-bond donors (Lipinski definition) is 1. The van der Waals surface area contributed by atoms with E-state index in [9.17, 15) is 14.4 Å². The van der Waals surface area contributed by atoms with Crippen LogP contribution in [-0.4, -0.2) is 33.5 Å². The summed E-state index contributed by atoms with van der Waals surface area (Å²) in [6, 6.07) is 9.89. The summed E-state index contributed by atoms with van der Waals surface area (Å²) in [6.45, 7) is 5.10. The van der Waals surface area contributed by atoms with Crippen LogP contribution in [0.25, 0.3) is 0 Å². The molecule has 0 unspecified atom stereocenters. The largest absolute Gasteiger partial charge is 0.449 e. The zero-order valence-corrected chi connectivity index (χ0v) is 17.4. The van der Waals surface area contributed by atoms with E-state index in [1.807, 2.05) is 6.92 Å². The summed E-state index contributed by atoms with van der Waals surface area (Å²) in [6.07, 6.45) is -1.05. The van der Waals surface area contributed by atoms with E-state index in [1.165, 1.54) is 24.3 Å². The second kappa shape index (κ2) is 8.40. The van der Waals surface area contributed by atoms with E-state index in [1.54, 1.807) is 54.4 Å². The first-order valence-corrected chi connectivity index (χ1v) is 9.86. The number of carbonyl (C=O) groups excluding carboxylic acids is 3. The molecule has 2 heterocycles. The van der Waals surface area contributed by atoms with Crippen LogP contribution in [0, 0.1) is 13.8 Å². The maximum atomic E-state index is 12.7. The minimum atomic E-state index is -1.05. The minimum absolute atomic E-state index is 0.124. The highest BCUT2D eigenvalue weighted by Crippen LogP contribution is 2.21. The molecule has 0 saturated heterocycles. The first kappa shape index (κ1) is 20.5. The van der Waals surface area contributed by atoms with Crippen LogP contribution >= 0.6 is 11.3 Å². The molecule has 29 heavy (non-hydrogen) atoms. The van der Waals surface area contributed by atoms with Gasteiger partial charge in [0.25, 0.3) is 5.91 Å². The second-order valence-corrected chi connectivity index (χ2v) is 7.51. The molecule has 0 aliphatic heterocycles. The van der Waals surface area contributed by atoms with Crippen molar-refractivity contribution in [1.82, 2.24) is 9.78 Å². The van der Waals surface area contributed by atoms with Gasteiger partial charge < -0.3 is 10.1 Å². The number of esters is 1. The number of nitrogens with zero attached hydrogens (tertiary/aromatic N) is 2. The van der Waals surface area contributed by atoms with Crippen molar-refractivity contribution in [1.29, 1.82) is 0 Å². The summed E-state index contributed by atoms with van der Waals surface area (Å²) in [5.41, 5.74) is 2.42. The Morgan fingerprint density at radius 3 is 2.38 bits per heavy atom. The normalized spacial score (nSPS) is 11.7. The Morgan fingerprint density at radius 2 is 1.79 bits per heavy atom. The Morgan fingerprint density at radius 1 is 1.10 bits per heavy atom. The molecule has 1 N–H and O–H groups in total. The van der Waals surface area contributed by atoms with Crippen molar-refractivity contribution < 1.29 is 19.1 Å². The lowest BCUT2D eigenvalue weighted by Crippen LogP contribution is -2.30. The van der Waals surface area contributed by atoms with Gasteiger partial charge in [-0.05, 0) is 38.3 Å². The van der Waals surface area contributed by atoms with Crippen LogP contribution in [0.4, 0.5) is 5.69 Å². The van der Waals surface area contributed by atoms with Crippen molar-refractivity contribution in [2.75, 3.05) is 5.32 Å². The van der Waals surface area contributed by atoms with E-state index in [4.69, 9.17) is 4.74 Å². The Hall–Kier alpha value is -3.26. The summed E-state index contributed by atoms with van der Waals surface area (Å²) in [4.78, 5) is 38.4. The van der Waals surface area contributed by atoms with Crippen LogP contribution in [0.3, 0.4) is 0 Å². The predicted molar refractivity (Wildman–Crippen MR) is 110 cm³/mol. The standard InChI is InChI=1S/C21H21N3O4S/c1-12-18(13(2)24(4)23-12)22-20(26)14(3)28-21(27)16-9-6-5-8-15(16)19(25)17-10-7-11-29-17/h5-11,14H,1-4H3,(H,22,26)/t14-/m0/s1. The highest BCUT2D eigenvalue weighted by Gasteiger charge is 2.25. The molecule has 8 heteroatoms. The Kier molecular flexibility index (Phi) is 5.93. The quantitative estimate of drug-likeness (QED) is 0.495. The lowest BCUT2D eigenvalue weighted by Gasteiger charge is -2.15. The molecule has 0 saturated carbocycles. The van der Waals surface area contributed by atoms with Gasteiger partial charge in [-0.2, -0.15) is 5.10 Å². The molecule has 3 aromatic rings. The summed E-state index contributed by atoms with van der Waals surface area (Å²) in [5.74, 6) is -1.46. The maximum absolute atomic E-state index is 12.7. The maximum Gasteiger partial charge on any atom is 0.339 e. The van der Waals surface area contributed by atoms with Crippen LogP contribution in [-0.2, 0) is 16.6 Å². The Bertz CT molecular complexity index is 1070. The summed E-state index contributed by atoms with van der Waals surface area (Å²) in [5, 5.41) is 8.79. The number of thiophene rings is 1. The van der Waals surface area contributed by atoms with Gasteiger partial charge in [-0.3, -0.25) is 14.3 Å². The van der Waals surface area contributed by atoms with E-state index in [2.05, 4.69) is 10.4 Å². The number of carbonyl (C=O) groups is 3. The smallest absolute Gasteiger partial charge is 0.339 e. The average Bonchev–Trinajstić information content (AvgIpc) is 3.32. The highest BCUT2D eigenvalue weighted by atomic mass is 32.1. The van der Waals surface area contributed by atoms with Gasteiger partial charge in [-0.15, -0.1) is 11.3 Å². The van der Waals surface area contributed by atoms with E-state index in [0.717, 1.165) is 5.69 Å². The Labute approximate surface area is 172 Å². The first-order chi connectivity index (χ1) is 13.8. The first-order valence-electron chi connectivity index (χ1n) is 8.99. The van der Waals surface area contributed by atoms with Gasteiger partial charge in [0.2, 0.25) is 5.78 Å². The van der Waals surface area contributed by atoms with Crippen LogP contribution in [0.5, 0.6) is 0 Å². The molecule has 0 aliphatic carbocycles. The summed E-state index contributed by atoms with van der Waals surface area (Å²) in [7, 11) is 1.78. The fraction of sp³-hybridized carbons (Fsp3) is 0.238. The molecule has 0 bridgehead atoms. The molecular formula is C21H21N3O4S. The number of aryl methyl sites for hydroxylation is 2. The molecule has 0 radical (unpaired) electrons. The van der Waals surface area contributed by atoms with Crippen LogP contribution in [0.1, 0.15) is 43.9 Å². The fourth-order valence-corrected chi connectivity index (χ4v) is 3.53. The predicted octanol–water partition coefficient (Wildman–Crippen LogP) is 3.51. The molecule has 0 aliphatic rings. The summed E-state index contributed by atoms with van der Waals surface area (Å²) >= 11 is 1.30. The number of nitrogens with one attached hydrogen (secondary N) is 1. The molecule has 0 fully saturated rings. The van der Waals surface area contributed by atoms with E-state index in [-0.39, 0.29) is 16.9 Å². The number of aromatic nitrogens is 2. The van der Waals surface area contributed by atoms with Crippen molar-refractivity contribution in [3.05, 3.63) is 69.2 Å². The van der Waals surface area contributed by atoms with Crippen molar-refractivity contribution >= 4 is 34.7 Å². The zero-order valence-electron chi connectivity index (χ0n) is 16.6. The van der Waals surface area contributed by atoms with E-state index in [0.29, 0.717) is 16.3 Å². The number of ether oxygens (including phenoxy) is 1.